The Hall–Kier alpha value is 0.210. The van der Waals surface area contributed by atoms with Crippen LogP contribution in [0.3, 0.4) is 0 Å². The van der Waals surface area contributed by atoms with Crippen LogP contribution in [0.15, 0.2) is 0 Å². The van der Waals surface area contributed by atoms with E-state index in [4.69, 9.17) is 4.74 Å². The highest BCUT2D eigenvalue weighted by atomic mass is 35.5. The van der Waals surface area contributed by atoms with E-state index in [2.05, 4.69) is 12.7 Å². The van der Waals surface area contributed by atoms with E-state index in [1.165, 1.54) is 0 Å². The third kappa shape index (κ3) is 1.34. The molecule has 1 fully saturated rings. The van der Waals surface area contributed by atoms with Crippen LogP contribution in [-0.2, 0) is 4.74 Å². The first-order chi connectivity index (χ1) is 3.17. The van der Waals surface area contributed by atoms with E-state index in [0.29, 0.717) is 6.10 Å². The molecule has 0 aliphatic carbocycles. The van der Waals surface area contributed by atoms with Gasteiger partial charge in [-0.25, -0.2) is 0 Å². The summed E-state index contributed by atoms with van der Waals surface area (Å²) in [6.07, 6.45) is 1.53. The van der Waals surface area contributed by atoms with Crippen molar-refractivity contribution in [3.8, 4) is 0 Å². The normalized spacial score (nSPS) is 43.1. The summed E-state index contributed by atoms with van der Waals surface area (Å²) in [6.45, 7) is 4.13. The molecular weight excluding hydrogens is 126 g/mol. The molecule has 1 heterocycles. The molecule has 50 valence electrons. The fourth-order valence-corrected chi connectivity index (χ4v) is 0.806. The summed E-state index contributed by atoms with van der Waals surface area (Å²) in [5.74, 6) is 0. The topological polar surface area (TPSA) is 40.2 Å². The summed E-state index contributed by atoms with van der Waals surface area (Å²) in [5, 5.41) is 0. The second-order valence-electron chi connectivity index (χ2n) is 2.33. The van der Waals surface area contributed by atoms with Crippen molar-refractivity contribution in [2.75, 3.05) is 0 Å². The molecule has 1 saturated heterocycles. The standard InChI is InChI=1S/C5H11NO.ClH/c1-3-4-5(2,6)7-4;/h4H,3,6H2,1-2H3;1H. The van der Waals surface area contributed by atoms with Gasteiger partial charge in [-0.15, -0.1) is 0 Å². The average Bonchev–Trinajstić information content (AvgIpc) is 2.13. The number of rotatable bonds is 1. The number of quaternary nitrogens is 1. The van der Waals surface area contributed by atoms with Crippen molar-refractivity contribution in [3.05, 3.63) is 0 Å². The van der Waals surface area contributed by atoms with Gasteiger partial charge in [0.05, 0.1) is 0 Å². The van der Waals surface area contributed by atoms with E-state index in [9.17, 15) is 0 Å². The molecule has 3 heteroatoms. The van der Waals surface area contributed by atoms with Gasteiger partial charge in [0, 0.05) is 6.92 Å². The van der Waals surface area contributed by atoms with Crippen LogP contribution in [0, 0.1) is 0 Å². The predicted octanol–water partition coefficient (Wildman–Crippen LogP) is -3.24. The maximum absolute atomic E-state index is 5.14. The van der Waals surface area contributed by atoms with E-state index in [1.54, 1.807) is 0 Å². The Morgan fingerprint density at radius 1 is 1.75 bits per heavy atom. The van der Waals surface area contributed by atoms with Crippen LogP contribution in [0.25, 0.3) is 0 Å². The number of halogens is 1. The van der Waals surface area contributed by atoms with Gasteiger partial charge in [0.2, 0.25) is 5.72 Å². The maximum atomic E-state index is 5.14. The van der Waals surface area contributed by atoms with E-state index in [0.717, 1.165) is 6.42 Å². The highest BCUT2D eigenvalue weighted by Crippen LogP contribution is 2.29. The molecule has 2 atom stereocenters. The van der Waals surface area contributed by atoms with Crippen molar-refractivity contribution < 1.29 is 22.9 Å². The summed E-state index contributed by atoms with van der Waals surface area (Å²) in [4.78, 5) is 0. The Bertz CT molecular complexity index is 84.5. The lowest BCUT2D eigenvalue weighted by Crippen LogP contribution is -3.00. The monoisotopic (exact) mass is 137 g/mol. The molecule has 0 aromatic rings. The van der Waals surface area contributed by atoms with Crippen molar-refractivity contribution in [3.63, 3.8) is 0 Å². The molecule has 1 rings (SSSR count). The lowest BCUT2D eigenvalue weighted by atomic mass is 10.2. The van der Waals surface area contributed by atoms with Gasteiger partial charge < -0.3 is 22.9 Å². The zero-order chi connectivity index (χ0) is 5.49. The third-order valence-corrected chi connectivity index (χ3v) is 1.41. The molecule has 0 saturated carbocycles. The molecule has 2 unspecified atom stereocenters. The van der Waals surface area contributed by atoms with Gasteiger partial charge in [0.15, 0.2) is 0 Å². The van der Waals surface area contributed by atoms with Gasteiger partial charge >= 0.3 is 0 Å². The van der Waals surface area contributed by atoms with Crippen molar-refractivity contribution in [2.24, 2.45) is 0 Å². The van der Waals surface area contributed by atoms with Gasteiger partial charge in [0.1, 0.15) is 6.10 Å². The smallest absolute Gasteiger partial charge is 0.223 e. The van der Waals surface area contributed by atoms with Crippen LogP contribution in [0.2, 0.25) is 0 Å². The van der Waals surface area contributed by atoms with E-state index in [1.807, 2.05) is 6.92 Å². The van der Waals surface area contributed by atoms with Gasteiger partial charge in [-0.1, -0.05) is 6.92 Å². The summed E-state index contributed by atoms with van der Waals surface area (Å²) in [7, 11) is 0. The fraction of sp³-hybridized carbons (Fsp3) is 1.00. The molecule has 2 nitrogen and oxygen atoms in total. The van der Waals surface area contributed by atoms with Gasteiger partial charge in [-0.05, 0) is 6.42 Å². The molecule has 0 radical (unpaired) electrons. The summed E-state index contributed by atoms with van der Waals surface area (Å²) in [5.41, 5.74) is 3.78. The Morgan fingerprint density at radius 2 is 2.12 bits per heavy atom. The molecule has 3 N–H and O–H groups in total. The number of ether oxygens (including phenoxy) is 1. The lowest BCUT2D eigenvalue weighted by Gasteiger charge is -1.84. The van der Waals surface area contributed by atoms with Gasteiger partial charge in [0.25, 0.3) is 0 Å². The average molecular weight is 138 g/mol. The lowest BCUT2D eigenvalue weighted by molar-refractivity contribution is -0.463. The molecule has 0 bridgehead atoms. The quantitative estimate of drug-likeness (QED) is 0.379. The number of epoxide rings is 1. The fourth-order valence-electron chi connectivity index (χ4n) is 0.806. The van der Waals surface area contributed by atoms with Crippen molar-refractivity contribution >= 4 is 0 Å². The third-order valence-electron chi connectivity index (χ3n) is 1.41. The molecule has 1 aliphatic heterocycles. The number of hydrogen-bond donors (Lipinski definition) is 1. The van der Waals surface area contributed by atoms with Crippen LogP contribution in [-0.4, -0.2) is 11.8 Å². The Kier molecular flexibility index (Phi) is 2.27. The Balaban J connectivity index is 0.000000490. The molecule has 1 aliphatic rings. The SMILES string of the molecule is CCC1OC1(C)[NH3+].[Cl-]. The zero-order valence-corrected chi connectivity index (χ0v) is 6.03. The highest BCUT2D eigenvalue weighted by molar-refractivity contribution is 4.84. The molecule has 8 heavy (non-hydrogen) atoms. The van der Waals surface area contributed by atoms with Crippen LogP contribution in [0.5, 0.6) is 0 Å². The van der Waals surface area contributed by atoms with Crippen molar-refractivity contribution in [1.29, 1.82) is 0 Å². The largest absolute Gasteiger partial charge is 1.00 e. The summed E-state index contributed by atoms with van der Waals surface area (Å²) in [6, 6.07) is 0. The second-order valence-corrected chi connectivity index (χ2v) is 2.33. The summed E-state index contributed by atoms with van der Waals surface area (Å²) >= 11 is 0. The summed E-state index contributed by atoms with van der Waals surface area (Å²) < 4.78 is 5.14. The Morgan fingerprint density at radius 3 is 2.12 bits per heavy atom. The maximum Gasteiger partial charge on any atom is 0.223 e. The first-order valence-electron chi connectivity index (χ1n) is 2.70. The van der Waals surface area contributed by atoms with Crippen LogP contribution < -0.4 is 18.1 Å². The minimum absolute atomic E-state index is 0. The number of hydrogen-bond acceptors (Lipinski definition) is 1. The van der Waals surface area contributed by atoms with Gasteiger partial charge in [-0.2, -0.15) is 0 Å². The minimum atomic E-state index is -0.0330. The second kappa shape index (κ2) is 2.21. The molecule has 0 amide bonds. The zero-order valence-electron chi connectivity index (χ0n) is 5.28. The first kappa shape index (κ1) is 8.21. The highest BCUT2D eigenvalue weighted by Gasteiger charge is 2.52. The van der Waals surface area contributed by atoms with Crippen LogP contribution in [0.4, 0.5) is 0 Å². The van der Waals surface area contributed by atoms with Crippen molar-refractivity contribution in [2.45, 2.75) is 32.1 Å². The Labute approximate surface area is 55.8 Å². The van der Waals surface area contributed by atoms with E-state index >= 15 is 0 Å². The van der Waals surface area contributed by atoms with Crippen molar-refractivity contribution in [1.82, 2.24) is 0 Å². The van der Waals surface area contributed by atoms with Crippen LogP contribution in [0.1, 0.15) is 20.3 Å². The van der Waals surface area contributed by atoms with E-state index in [-0.39, 0.29) is 18.1 Å². The van der Waals surface area contributed by atoms with Gasteiger partial charge in [-0.3, -0.25) is 0 Å². The molecule has 0 spiro atoms. The molecule has 0 aromatic carbocycles. The predicted molar refractivity (Wildman–Crippen MR) is 26.5 cm³/mol. The molecular formula is C5H12ClNO. The van der Waals surface area contributed by atoms with E-state index < -0.39 is 0 Å². The minimum Gasteiger partial charge on any atom is -1.00 e. The first-order valence-corrected chi connectivity index (χ1v) is 2.70. The van der Waals surface area contributed by atoms with Crippen LogP contribution >= 0.6 is 0 Å². The molecule has 0 aromatic heterocycles.